The van der Waals surface area contributed by atoms with Crippen LogP contribution in [0.2, 0.25) is 0 Å². The molecular formula is C34H37N5O2S. The lowest BCUT2D eigenvalue weighted by atomic mass is 9.83. The van der Waals surface area contributed by atoms with E-state index >= 15 is 0 Å². The molecule has 0 unspecified atom stereocenters. The monoisotopic (exact) mass is 579 g/mol. The van der Waals surface area contributed by atoms with E-state index < -0.39 is 0 Å². The van der Waals surface area contributed by atoms with Gasteiger partial charge in [-0.1, -0.05) is 31.4 Å². The first kappa shape index (κ1) is 27.2. The van der Waals surface area contributed by atoms with Crippen LogP contribution in [0.1, 0.15) is 60.0 Å². The van der Waals surface area contributed by atoms with Crippen molar-refractivity contribution in [3.05, 3.63) is 64.4 Å². The van der Waals surface area contributed by atoms with E-state index in [-0.39, 0.29) is 5.91 Å². The first-order valence-corrected chi connectivity index (χ1v) is 16.0. The number of hydrogen-bond donors (Lipinski definition) is 0. The van der Waals surface area contributed by atoms with Gasteiger partial charge in [-0.15, -0.1) is 11.3 Å². The third kappa shape index (κ3) is 5.22. The molecule has 3 aliphatic rings. The number of carbonyl (C=O) groups excluding carboxylic acids is 1. The average Bonchev–Trinajstić information content (AvgIpc) is 3.76. The van der Waals surface area contributed by atoms with Gasteiger partial charge in [0.2, 0.25) is 5.91 Å². The van der Waals surface area contributed by atoms with Gasteiger partial charge in [-0.05, 0) is 79.6 Å². The Morgan fingerprint density at radius 3 is 2.60 bits per heavy atom. The van der Waals surface area contributed by atoms with Crippen LogP contribution in [0.15, 0.2) is 47.5 Å². The minimum atomic E-state index is 0.147. The second kappa shape index (κ2) is 11.6. The molecule has 1 saturated carbocycles. The summed E-state index contributed by atoms with van der Waals surface area (Å²) in [5.74, 6) is 0.636. The van der Waals surface area contributed by atoms with Crippen molar-refractivity contribution in [1.29, 1.82) is 0 Å². The van der Waals surface area contributed by atoms with Gasteiger partial charge in [0.15, 0.2) is 0 Å². The zero-order valence-electron chi connectivity index (χ0n) is 24.4. The lowest BCUT2D eigenvalue weighted by molar-refractivity contribution is -0.135. The van der Waals surface area contributed by atoms with Crippen LogP contribution in [-0.4, -0.2) is 64.4 Å². The molecule has 216 valence electrons. The maximum atomic E-state index is 13.7. The summed E-state index contributed by atoms with van der Waals surface area (Å²) in [6, 6.07) is 13.3. The number of aliphatic imine (C=N–C) groups is 1. The quantitative estimate of drug-likeness (QED) is 0.251. The Morgan fingerprint density at radius 2 is 1.86 bits per heavy atom. The van der Waals surface area contributed by atoms with Gasteiger partial charge in [0, 0.05) is 30.4 Å². The Morgan fingerprint density at radius 1 is 1.02 bits per heavy atom. The molecule has 1 aliphatic carbocycles. The van der Waals surface area contributed by atoms with Crippen LogP contribution in [-0.2, 0) is 16.1 Å². The number of carbonyl (C=O) groups is 1. The van der Waals surface area contributed by atoms with Gasteiger partial charge in [0.1, 0.15) is 6.54 Å². The summed E-state index contributed by atoms with van der Waals surface area (Å²) in [5.41, 5.74) is 8.94. The van der Waals surface area contributed by atoms with Gasteiger partial charge in [-0.25, -0.2) is 9.97 Å². The Hall–Kier alpha value is -3.62. The lowest BCUT2D eigenvalue weighted by Crippen LogP contribution is -2.42. The number of fused-ring (bicyclic) bond motifs is 1. The summed E-state index contributed by atoms with van der Waals surface area (Å²) in [6.07, 6.45) is 10.2. The molecule has 2 fully saturated rings. The Kier molecular flexibility index (Phi) is 7.50. The van der Waals surface area contributed by atoms with Crippen LogP contribution in [0.4, 0.5) is 0 Å². The summed E-state index contributed by atoms with van der Waals surface area (Å²) >= 11 is 1.69. The maximum absolute atomic E-state index is 13.7. The fourth-order valence-corrected chi connectivity index (χ4v) is 7.67. The molecule has 0 atom stereocenters. The van der Waals surface area contributed by atoms with Gasteiger partial charge < -0.3 is 14.2 Å². The number of benzene rings is 1. The summed E-state index contributed by atoms with van der Waals surface area (Å²) in [5, 5.41) is 2.16. The fourth-order valence-electron chi connectivity index (χ4n) is 6.78. The van der Waals surface area contributed by atoms with E-state index in [9.17, 15) is 4.79 Å². The normalized spacial score (nSPS) is 17.8. The molecule has 0 N–H and O–H groups in total. The number of rotatable bonds is 6. The number of ether oxygens (including phenoxy) is 1. The molecule has 42 heavy (non-hydrogen) atoms. The molecule has 3 aromatic heterocycles. The van der Waals surface area contributed by atoms with Crippen molar-refractivity contribution in [3.63, 3.8) is 0 Å². The van der Waals surface area contributed by atoms with Crippen molar-refractivity contribution in [2.45, 2.75) is 58.4 Å². The van der Waals surface area contributed by atoms with Crippen LogP contribution in [0.25, 0.3) is 38.3 Å². The number of amides is 1. The number of aryl methyl sites for hydroxylation is 2. The molecule has 7 rings (SSSR count). The lowest BCUT2D eigenvalue weighted by Gasteiger charge is -2.28. The second-order valence-corrected chi connectivity index (χ2v) is 12.9. The number of morpholine rings is 1. The summed E-state index contributed by atoms with van der Waals surface area (Å²) in [6.45, 7) is 7.56. The predicted octanol–water partition coefficient (Wildman–Crippen LogP) is 6.82. The molecule has 0 bridgehead atoms. The fraction of sp³-hybridized carbons (Fsp3) is 0.412. The van der Waals surface area contributed by atoms with Gasteiger partial charge in [-0.3, -0.25) is 9.79 Å². The van der Waals surface area contributed by atoms with Crippen LogP contribution in [0.3, 0.4) is 0 Å². The van der Waals surface area contributed by atoms with Gasteiger partial charge in [0.05, 0.1) is 52.2 Å². The van der Waals surface area contributed by atoms with Gasteiger partial charge in [0.25, 0.3) is 0 Å². The number of hydrogen-bond acceptors (Lipinski definition) is 6. The Labute approximate surface area is 251 Å². The standard InChI is InChI=1S/C34H37N5O2S/c1-22-34(42-23(2)36-22)30-11-8-25-18-26(9-10-29(25)37-30)33-28(24-6-4-3-5-7-24)19-31(27-12-13-35-20-27)39(33)21-32(40)38-14-16-41-17-15-38/h8-13,18-19,24H,3-7,14-17,20-21H2,1-2H3. The van der Waals surface area contributed by atoms with Crippen molar-refractivity contribution in [3.8, 4) is 21.8 Å². The molecule has 2 aliphatic heterocycles. The first-order chi connectivity index (χ1) is 20.5. The number of nitrogens with zero attached hydrogens (tertiary/aromatic N) is 5. The van der Waals surface area contributed by atoms with Crippen molar-refractivity contribution >= 4 is 39.9 Å². The van der Waals surface area contributed by atoms with E-state index in [1.165, 1.54) is 48.9 Å². The molecule has 5 heterocycles. The van der Waals surface area contributed by atoms with Gasteiger partial charge in [-0.2, -0.15) is 0 Å². The van der Waals surface area contributed by atoms with Crippen LogP contribution >= 0.6 is 11.3 Å². The molecule has 0 radical (unpaired) electrons. The number of thiazole rings is 1. The van der Waals surface area contributed by atoms with Crippen LogP contribution < -0.4 is 0 Å². The van der Waals surface area contributed by atoms with Gasteiger partial charge >= 0.3 is 0 Å². The zero-order chi connectivity index (χ0) is 28.6. The van der Waals surface area contributed by atoms with E-state index in [4.69, 9.17) is 9.72 Å². The van der Waals surface area contributed by atoms with Crippen LogP contribution in [0.5, 0.6) is 0 Å². The highest BCUT2D eigenvalue weighted by molar-refractivity contribution is 7.15. The van der Waals surface area contributed by atoms with E-state index in [0.29, 0.717) is 45.3 Å². The Bertz CT molecular complexity index is 1700. The third-order valence-corrected chi connectivity index (χ3v) is 9.99. The molecule has 1 saturated heterocycles. The van der Waals surface area contributed by atoms with E-state index in [1.54, 1.807) is 11.3 Å². The Balaban J connectivity index is 1.35. The smallest absolute Gasteiger partial charge is 0.242 e. The SMILES string of the molecule is Cc1nc(C)c(-c2ccc3cc(-c4c(C5CCCCC5)cc(C5=CC=NC5)n4CC(=O)N4CCOCC4)ccc3n2)s1. The number of aromatic nitrogens is 3. The van der Waals surface area contributed by atoms with E-state index in [1.807, 2.05) is 18.0 Å². The molecule has 1 amide bonds. The van der Waals surface area contributed by atoms with Crippen molar-refractivity contribution in [2.24, 2.45) is 4.99 Å². The van der Waals surface area contributed by atoms with E-state index in [2.05, 4.69) is 63.9 Å². The minimum absolute atomic E-state index is 0.147. The molecule has 1 aromatic carbocycles. The number of pyridine rings is 1. The zero-order valence-corrected chi connectivity index (χ0v) is 25.3. The first-order valence-electron chi connectivity index (χ1n) is 15.2. The molecule has 8 heteroatoms. The summed E-state index contributed by atoms with van der Waals surface area (Å²) < 4.78 is 7.82. The summed E-state index contributed by atoms with van der Waals surface area (Å²) in [4.78, 5) is 30.9. The highest BCUT2D eigenvalue weighted by Gasteiger charge is 2.28. The molecule has 7 nitrogen and oxygen atoms in total. The average molecular weight is 580 g/mol. The van der Waals surface area contributed by atoms with Crippen molar-refractivity contribution in [1.82, 2.24) is 19.4 Å². The van der Waals surface area contributed by atoms with Crippen molar-refractivity contribution in [2.75, 3.05) is 32.8 Å². The third-order valence-electron chi connectivity index (χ3n) is 8.90. The molecule has 4 aromatic rings. The second-order valence-electron chi connectivity index (χ2n) is 11.7. The molecule has 0 spiro atoms. The molecular weight excluding hydrogens is 542 g/mol. The minimum Gasteiger partial charge on any atom is -0.378 e. The van der Waals surface area contributed by atoms with Crippen LogP contribution in [0, 0.1) is 13.8 Å². The highest BCUT2D eigenvalue weighted by atomic mass is 32.1. The summed E-state index contributed by atoms with van der Waals surface area (Å²) in [7, 11) is 0. The largest absolute Gasteiger partial charge is 0.378 e. The number of allylic oxidation sites excluding steroid dienone is 1. The topological polar surface area (TPSA) is 72.6 Å². The van der Waals surface area contributed by atoms with Crippen molar-refractivity contribution < 1.29 is 9.53 Å². The van der Waals surface area contributed by atoms with E-state index in [0.717, 1.165) is 43.4 Å². The highest BCUT2D eigenvalue weighted by Crippen LogP contribution is 2.42. The maximum Gasteiger partial charge on any atom is 0.242 e. The predicted molar refractivity (Wildman–Crippen MR) is 170 cm³/mol.